The van der Waals surface area contributed by atoms with Gasteiger partial charge in [-0.05, 0) is 37.6 Å². The molecule has 4 aromatic rings. The van der Waals surface area contributed by atoms with Crippen molar-refractivity contribution < 1.29 is 9.13 Å². The number of aryl methyl sites for hydroxylation is 2. The Labute approximate surface area is 190 Å². The molecule has 5 rings (SSSR count). The first-order valence-electron chi connectivity index (χ1n) is 10.8. The number of anilines is 2. The lowest BCUT2D eigenvalue weighted by molar-refractivity contribution is 0.122. The number of morpholine rings is 1. The lowest BCUT2D eigenvalue weighted by Gasteiger charge is -2.27. The molecule has 2 aromatic carbocycles. The monoisotopic (exact) mass is 445 g/mol. The highest BCUT2D eigenvalue weighted by Gasteiger charge is 2.21. The van der Waals surface area contributed by atoms with Crippen molar-refractivity contribution in [3.05, 3.63) is 71.3 Å². The summed E-state index contributed by atoms with van der Waals surface area (Å²) in [6, 6.07) is 14.4. The van der Waals surface area contributed by atoms with Gasteiger partial charge in [0, 0.05) is 13.1 Å². The first-order chi connectivity index (χ1) is 16.1. The first kappa shape index (κ1) is 21.0. The highest BCUT2D eigenvalue weighted by atomic mass is 19.1. The molecule has 0 atom stereocenters. The van der Waals surface area contributed by atoms with E-state index in [9.17, 15) is 4.39 Å². The number of imidazole rings is 1. The van der Waals surface area contributed by atoms with E-state index in [0.717, 1.165) is 11.1 Å². The summed E-state index contributed by atoms with van der Waals surface area (Å²) in [5.41, 5.74) is 6.98. The zero-order valence-corrected chi connectivity index (χ0v) is 18.5. The second-order valence-electron chi connectivity index (χ2n) is 7.90. The average molecular weight is 446 g/mol. The maximum absolute atomic E-state index is 14.0. The maximum Gasteiger partial charge on any atom is 0.229 e. The second kappa shape index (κ2) is 8.95. The Morgan fingerprint density at radius 3 is 2.64 bits per heavy atom. The summed E-state index contributed by atoms with van der Waals surface area (Å²) in [6.45, 7) is 6.49. The number of ether oxygens (including phenoxy) is 1. The number of fused-ring (bicyclic) bond motifs is 1. The Kier molecular flexibility index (Phi) is 5.70. The predicted octanol–water partition coefficient (Wildman–Crippen LogP) is 3.85. The lowest BCUT2D eigenvalue weighted by Crippen LogP contribution is -2.37. The predicted molar refractivity (Wildman–Crippen MR) is 127 cm³/mol. The lowest BCUT2D eigenvalue weighted by atomic mass is 10.2. The Balaban J connectivity index is 1.60. The van der Waals surface area contributed by atoms with Crippen LogP contribution in [0.4, 0.5) is 16.2 Å². The van der Waals surface area contributed by atoms with E-state index in [-0.39, 0.29) is 5.82 Å². The van der Waals surface area contributed by atoms with Gasteiger partial charge in [0.2, 0.25) is 5.95 Å². The minimum absolute atomic E-state index is 0.322. The average Bonchev–Trinajstić information content (AvgIpc) is 3.15. The van der Waals surface area contributed by atoms with Gasteiger partial charge in [-0.1, -0.05) is 35.9 Å². The third-order valence-corrected chi connectivity index (χ3v) is 5.45. The summed E-state index contributed by atoms with van der Waals surface area (Å²) >= 11 is 0. The number of nitrogens with zero attached hydrogens (tertiary/aromatic N) is 6. The van der Waals surface area contributed by atoms with Crippen molar-refractivity contribution in [1.29, 1.82) is 0 Å². The van der Waals surface area contributed by atoms with Crippen molar-refractivity contribution in [2.75, 3.05) is 36.6 Å². The van der Waals surface area contributed by atoms with Crippen LogP contribution >= 0.6 is 0 Å². The zero-order valence-electron chi connectivity index (χ0n) is 18.5. The molecule has 1 aliphatic rings. The Bertz CT molecular complexity index is 1330. The van der Waals surface area contributed by atoms with Gasteiger partial charge in [-0.3, -0.25) is 9.99 Å². The molecule has 33 heavy (non-hydrogen) atoms. The van der Waals surface area contributed by atoms with Crippen LogP contribution in [-0.2, 0) is 4.74 Å². The number of halogens is 1. The van der Waals surface area contributed by atoms with Crippen molar-refractivity contribution in [2.45, 2.75) is 13.8 Å². The van der Waals surface area contributed by atoms with E-state index < -0.39 is 0 Å². The molecule has 0 spiro atoms. The molecule has 9 heteroatoms. The van der Waals surface area contributed by atoms with Crippen LogP contribution in [0.2, 0.25) is 0 Å². The largest absolute Gasteiger partial charge is 0.378 e. The van der Waals surface area contributed by atoms with Gasteiger partial charge < -0.3 is 9.64 Å². The van der Waals surface area contributed by atoms with E-state index in [0.29, 0.717) is 60.7 Å². The van der Waals surface area contributed by atoms with Crippen molar-refractivity contribution >= 4 is 29.1 Å². The van der Waals surface area contributed by atoms with E-state index in [2.05, 4.69) is 20.4 Å². The number of hydrazone groups is 1. The highest BCUT2D eigenvalue weighted by Crippen LogP contribution is 2.27. The van der Waals surface area contributed by atoms with Gasteiger partial charge in [-0.25, -0.2) is 9.37 Å². The van der Waals surface area contributed by atoms with Crippen LogP contribution in [0.1, 0.15) is 17.0 Å². The molecule has 0 aliphatic carbocycles. The zero-order chi connectivity index (χ0) is 22.8. The molecule has 0 bridgehead atoms. The number of nitrogens with one attached hydrogen (secondary N) is 1. The fraction of sp³-hybridized carbons (Fsp3) is 0.250. The quantitative estimate of drug-likeness (QED) is 0.371. The van der Waals surface area contributed by atoms with E-state index in [1.807, 2.05) is 48.7 Å². The molecule has 0 unspecified atom stereocenters. The van der Waals surface area contributed by atoms with E-state index in [1.165, 1.54) is 12.1 Å². The minimum Gasteiger partial charge on any atom is -0.378 e. The number of aromatic nitrogens is 4. The van der Waals surface area contributed by atoms with Crippen molar-refractivity contribution in [3.8, 4) is 5.69 Å². The third-order valence-electron chi connectivity index (χ3n) is 5.45. The molecule has 8 nitrogen and oxygen atoms in total. The van der Waals surface area contributed by atoms with Crippen molar-refractivity contribution in [2.24, 2.45) is 5.10 Å². The van der Waals surface area contributed by atoms with Crippen LogP contribution in [0.25, 0.3) is 16.9 Å². The molecule has 1 fully saturated rings. The topological polar surface area (TPSA) is 80.5 Å². The number of hydrogen-bond acceptors (Lipinski definition) is 7. The third kappa shape index (κ3) is 4.40. The second-order valence-corrected chi connectivity index (χ2v) is 7.90. The molecule has 3 heterocycles. The van der Waals surface area contributed by atoms with Crippen LogP contribution in [0.5, 0.6) is 0 Å². The fourth-order valence-electron chi connectivity index (χ4n) is 3.88. The van der Waals surface area contributed by atoms with Gasteiger partial charge in [0.05, 0.1) is 25.1 Å². The number of rotatable bonds is 5. The normalized spacial score (nSPS) is 14.3. The smallest absolute Gasteiger partial charge is 0.229 e. The Morgan fingerprint density at radius 2 is 1.85 bits per heavy atom. The van der Waals surface area contributed by atoms with Crippen LogP contribution < -0.4 is 10.3 Å². The molecule has 0 amide bonds. The van der Waals surface area contributed by atoms with Crippen LogP contribution in [0, 0.1) is 19.7 Å². The van der Waals surface area contributed by atoms with Crippen LogP contribution in [0.3, 0.4) is 0 Å². The summed E-state index contributed by atoms with van der Waals surface area (Å²) in [5.74, 6) is 1.40. The molecule has 1 N–H and O–H groups in total. The summed E-state index contributed by atoms with van der Waals surface area (Å²) in [6.07, 6.45) is 1.74. The van der Waals surface area contributed by atoms with E-state index in [1.54, 1.807) is 12.3 Å². The summed E-state index contributed by atoms with van der Waals surface area (Å²) in [4.78, 5) is 16.3. The Hall–Kier alpha value is -3.85. The summed E-state index contributed by atoms with van der Waals surface area (Å²) in [7, 11) is 0. The van der Waals surface area contributed by atoms with Gasteiger partial charge in [-0.15, -0.1) is 0 Å². The van der Waals surface area contributed by atoms with Gasteiger partial charge in [0.1, 0.15) is 11.6 Å². The number of hydrogen-bond donors (Lipinski definition) is 1. The number of benzene rings is 2. The van der Waals surface area contributed by atoms with E-state index in [4.69, 9.17) is 14.7 Å². The standard InChI is InChI=1S/C24H24FN7O/c1-16-5-3-6-18(13-16)15-26-30-22-21-23(29-24(28-22)31-9-11-33-12-10-31)32(17(2)27-21)20-8-4-7-19(25)14-20/h3-8,13-15H,9-12H2,1-2H3,(H,28,29,30). The summed E-state index contributed by atoms with van der Waals surface area (Å²) < 4.78 is 21.3. The molecule has 1 aliphatic heterocycles. The SMILES string of the molecule is Cc1cccc(C=NNc2nc(N3CCOCC3)nc3c2nc(C)n3-c2cccc(F)c2)c1. The molecular weight excluding hydrogens is 421 g/mol. The van der Waals surface area contributed by atoms with Crippen LogP contribution in [-0.4, -0.2) is 52.0 Å². The molecule has 0 saturated carbocycles. The van der Waals surface area contributed by atoms with Crippen molar-refractivity contribution in [3.63, 3.8) is 0 Å². The van der Waals surface area contributed by atoms with Gasteiger partial charge in [0.25, 0.3) is 0 Å². The highest BCUT2D eigenvalue weighted by molar-refractivity contribution is 5.87. The molecule has 2 aromatic heterocycles. The molecule has 168 valence electrons. The minimum atomic E-state index is -0.322. The van der Waals surface area contributed by atoms with Crippen molar-refractivity contribution in [1.82, 2.24) is 19.5 Å². The molecular formula is C24H24FN7O. The van der Waals surface area contributed by atoms with E-state index >= 15 is 0 Å². The summed E-state index contributed by atoms with van der Waals surface area (Å²) in [5, 5.41) is 4.40. The van der Waals surface area contributed by atoms with Gasteiger partial charge in [0.15, 0.2) is 17.0 Å². The Morgan fingerprint density at radius 1 is 1.03 bits per heavy atom. The van der Waals surface area contributed by atoms with Gasteiger partial charge >= 0.3 is 0 Å². The maximum atomic E-state index is 14.0. The van der Waals surface area contributed by atoms with Crippen LogP contribution in [0.15, 0.2) is 53.6 Å². The molecule has 1 saturated heterocycles. The fourth-order valence-corrected chi connectivity index (χ4v) is 3.88. The molecule has 0 radical (unpaired) electrons. The van der Waals surface area contributed by atoms with Gasteiger partial charge in [-0.2, -0.15) is 15.1 Å². The first-order valence-corrected chi connectivity index (χ1v) is 10.8.